The van der Waals surface area contributed by atoms with Crippen LogP contribution in [0.15, 0.2) is 47.4 Å². The first-order valence-corrected chi connectivity index (χ1v) is 13.8. The van der Waals surface area contributed by atoms with E-state index in [9.17, 15) is 22.7 Å². The first-order chi connectivity index (χ1) is 17.4. The quantitative estimate of drug-likeness (QED) is 0.575. The van der Waals surface area contributed by atoms with E-state index < -0.39 is 33.9 Å². The number of aliphatic hydroxyl groups is 1. The number of sulfonamides is 1. The second-order valence-electron chi connectivity index (χ2n) is 9.97. The van der Waals surface area contributed by atoms with Crippen LogP contribution in [0.25, 0.3) is 0 Å². The number of ether oxygens (including phenoxy) is 1. The molecule has 0 radical (unpaired) electrons. The largest absolute Gasteiger partial charge is 0.487 e. The Bertz CT molecular complexity index is 1280. The third-order valence-electron chi connectivity index (χ3n) is 6.31. The number of likely N-dealkylation sites (N-methyl/N-ethyl adjacent to an activating group) is 1. The van der Waals surface area contributed by atoms with Crippen molar-refractivity contribution < 1.29 is 27.4 Å². The molecule has 0 aromatic heterocycles. The normalized spacial score (nSPS) is 20.0. The van der Waals surface area contributed by atoms with E-state index in [1.54, 1.807) is 32.2 Å². The number of amides is 1. The lowest BCUT2D eigenvalue weighted by atomic mass is 10.0. The molecule has 1 heterocycles. The van der Waals surface area contributed by atoms with Crippen LogP contribution in [-0.4, -0.2) is 67.5 Å². The number of benzene rings is 2. The lowest BCUT2D eigenvalue weighted by molar-refractivity contribution is 0.0560. The molecule has 0 fully saturated rings. The smallest absolute Gasteiger partial charge is 0.256 e. The second kappa shape index (κ2) is 12.1. The molecule has 1 aliphatic heterocycles. The van der Waals surface area contributed by atoms with Gasteiger partial charge in [0.2, 0.25) is 10.0 Å². The summed E-state index contributed by atoms with van der Waals surface area (Å²) >= 11 is 0. The molecule has 1 N–H and O–H groups in total. The van der Waals surface area contributed by atoms with Crippen LogP contribution in [0.1, 0.15) is 50.0 Å². The molecule has 3 rings (SSSR count). The summed E-state index contributed by atoms with van der Waals surface area (Å²) in [5.41, 5.74) is 0.559. The minimum atomic E-state index is -3.98. The molecule has 9 heteroatoms. The highest BCUT2D eigenvalue weighted by atomic mass is 32.2. The van der Waals surface area contributed by atoms with Gasteiger partial charge in [0.25, 0.3) is 5.91 Å². The van der Waals surface area contributed by atoms with Gasteiger partial charge in [-0.3, -0.25) is 4.79 Å². The van der Waals surface area contributed by atoms with E-state index in [-0.39, 0.29) is 41.8 Å². The fourth-order valence-corrected chi connectivity index (χ4v) is 5.90. The Balaban J connectivity index is 2.01. The van der Waals surface area contributed by atoms with Crippen LogP contribution in [0.2, 0.25) is 0 Å². The summed E-state index contributed by atoms with van der Waals surface area (Å²) in [5.74, 6) is 5.22. The Morgan fingerprint density at radius 3 is 2.59 bits per heavy atom. The molecular weight excluding hydrogens is 495 g/mol. The Labute approximate surface area is 219 Å². The van der Waals surface area contributed by atoms with E-state index in [2.05, 4.69) is 25.7 Å². The summed E-state index contributed by atoms with van der Waals surface area (Å²) < 4.78 is 49.0. The predicted octanol–water partition coefficient (Wildman–Crippen LogP) is 3.76. The predicted molar refractivity (Wildman–Crippen MR) is 140 cm³/mol. The van der Waals surface area contributed by atoms with E-state index in [0.717, 1.165) is 0 Å². The number of carbonyl (C=O) groups excluding carboxylic acids is 1. The topological polar surface area (TPSA) is 87.2 Å². The van der Waals surface area contributed by atoms with E-state index in [1.165, 1.54) is 33.5 Å². The molecule has 0 spiro atoms. The summed E-state index contributed by atoms with van der Waals surface area (Å²) in [5, 5.41) is 9.79. The number of rotatable bonds is 6. The standard InChI is InChI=1S/C28H35FN2O5S/c1-19(2)9-8-10-22-13-14-27-25(15-22)36-26(20(3)16-31(21(4)18-32)37(27,34)35)17-30(5)28(33)23-11-6-7-12-24(23)29/h6-7,11-15,19-21,26,32H,9,16-18H2,1-5H3/t20-,21-,26-/m0/s1. The number of hydrogen-bond donors (Lipinski definition) is 1. The van der Waals surface area contributed by atoms with Gasteiger partial charge < -0.3 is 14.7 Å². The highest BCUT2D eigenvalue weighted by Crippen LogP contribution is 2.34. The maximum absolute atomic E-state index is 14.2. The van der Waals surface area contributed by atoms with Crippen LogP contribution in [0.4, 0.5) is 4.39 Å². The van der Waals surface area contributed by atoms with Gasteiger partial charge in [-0.2, -0.15) is 4.31 Å². The van der Waals surface area contributed by atoms with E-state index in [1.807, 2.05) is 6.92 Å². The summed E-state index contributed by atoms with van der Waals surface area (Å²) in [4.78, 5) is 14.3. The van der Waals surface area contributed by atoms with Gasteiger partial charge in [0.15, 0.2) is 0 Å². The Morgan fingerprint density at radius 2 is 1.95 bits per heavy atom. The van der Waals surface area contributed by atoms with Crippen LogP contribution in [0, 0.1) is 29.5 Å². The number of fused-ring (bicyclic) bond motifs is 1. The molecule has 3 atom stereocenters. The molecule has 1 aliphatic rings. The molecule has 200 valence electrons. The molecule has 0 bridgehead atoms. The summed E-state index contributed by atoms with van der Waals surface area (Å²) in [6, 6.07) is 9.82. The van der Waals surface area contributed by atoms with Crippen LogP contribution >= 0.6 is 0 Å². The summed E-state index contributed by atoms with van der Waals surface area (Å²) in [6.45, 7) is 7.41. The van der Waals surface area contributed by atoms with Gasteiger partial charge in [0.1, 0.15) is 22.6 Å². The molecule has 2 aromatic carbocycles. The van der Waals surface area contributed by atoms with Crippen molar-refractivity contribution in [1.29, 1.82) is 0 Å². The third kappa shape index (κ3) is 6.69. The Hall–Kier alpha value is -2.93. The van der Waals surface area contributed by atoms with Gasteiger partial charge in [0.05, 0.1) is 18.7 Å². The first kappa shape index (κ1) is 28.6. The van der Waals surface area contributed by atoms with Crippen LogP contribution in [0.3, 0.4) is 0 Å². The molecule has 37 heavy (non-hydrogen) atoms. The minimum absolute atomic E-state index is 0.0257. The van der Waals surface area contributed by atoms with Crippen molar-refractivity contribution in [1.82, 2.24) is 9.21 Å². The molecule has 0 unspecified atom stereocenters. The monoisotopic (exact) mass is 530 g/mol. The van der Waals surface area contributed by atoms with Gasteiger partial charge in [-0.1, -0.05) is 44.7 Å². The maximum Gasteiger partial charge on any atom is 0.256 e. The SMILES string of the molecule is CC(C)CC#Cc1ccc2c(c1)O[C@@H](CN(C)C(=O)c1ccccc1F)[C@@H](C)CN([C@@H](C)CO)S2(=O)=O. The van der Waals surface area contributed by atoms with Crippen LogP contribution < -0.4 is 4.74 Å². The number of carbonyl (C=O) groups is 1. The summed E-state index contributed by atoms with van der Waals surface area (Å²) in [6.07, 6.45) is 0.0860. The average molecular weight is 531 g/mol. The Morgan fingerprint density at radius 1 is 1.24 bits per heavy atom. The zero-order chi connectivity index (χ0) is 27.3. The van der Waals surface area contributed by atoms with Crippen LogP contribution in [-0.2, 0) is 10.0 Å². The average Bonchev–Trinajstić information content (AvgIpc) is 2.85. The van der Waals surface area contributed by atoms with Crippen molar-refractivity contribution in [2.45, 2.75) is 51.2 Å². The molecule has 0 saturated carbocycles. The molecule has 7 nitrogen and oxygen atoms in total. The van der Waals surface area contributed by atoms with Crippen molar-refractivity contribution in [3.63, 3.8) is 0 Å². The van der Waals surface area contributed by atoms with Crippen molar-refractivity contribution >= 4 is 15.9 Å². The zero-order valence-corrected chi connectivity index (χ0v) is 22.8. The second-order valence-corrected chi connectivity index (χ2v) is 11.8. The highest BCUT2D eigenvalue weighted by Gasteiger charge is 2.38. The fourth-order valence-electron chi connectivity index (χ4n) is 4.07. The highest BCUT2D eigenvalue weighted by molar-refractivity contribution is 7.89. The number of hydrogen-bond acceptors (Lipinski definition) is 5. The van der Waals surface area contributed by atoms with E-state index in [4.69, 9.17) is 4.74 Å². The van der Waals surface area contributed by atoms with E-state index in [0.29, 0.717) is 17.9 Å². The third-order valence-corrected chi connectivity index (χ3v) is 8.33. The molecule has 1 amide bonds. The number of aliphatic hydroxyl groups excluding tert-OH is 1. The van der Waals surface area contributed by atoms with Gasteiger partial charge >= 0.3 is 0 Å². The molecular formula is C28H35FN2O5S. The minimum Gasteiger partial charge on any atom is -0.487 e. The van der Waals surface area contributed by atoms with Crippen LogP contribution in [0.5, 0.6) is 5.75 Å². The summed E-state index contributed by atoms with van der Waals surface area (Å²) in [7, 11) is -2.43. The lowest BCUT2D eigenvalue weighted by Gasteiger charge is -2.37. The number of halogens is 1. The fraction of sp³-hybridized carbons (Fsp3) is 0.464. The zero-order valence-electron chi connectivity index (χ0n) is 21.9. The Kier molecular flexibility index (Phi) is 9.35. The van der Waals surface area contributed by atoms with Crippen molar-refractivity contribution in [2.24, 2.45) is 11.8 Å². The molecule has 2 aromatic rings. The van der Waals surface area contributed by atoms with Crippen molar-refractivity contribution in [3.05, 3.63) is 59.4 Å². The van der Waals surface area contributed by atoms with E-state index >= 15 is 0 Å². The van der Waals surface area contributed by atoms with Gasteiger partial charge in [-0.25, -0.2) is 12.8 Å². The maximum atomic E-state index is 14.2. The first-order valence-electron chi connectivity index (χ1n) is 12.4. The van der Waals surface area contributed by atoms with Crippen molar-refractivity contribution in [3.8, 4) is 17.6 Å². The van der Waals surface area contributed by atoms with Gasteiger partial charge in [-0.05, 0) is 43.2 Å². The lowest BCUT2D eigenvalue weighted by Crippen LogP contribution is -2.50. The molecule has 0 saturated heterocycles. The van der Waals surface area contributed by atoms with Crippen molar-refractivity contribution in [2.75, 3.05) is 26.7 Å². The van der Waals surface area contributed by atoms with Gasteiger partial charge in [0, 0.05) is 37.5 Å². The van der Waals surface area contributed by atoms with Gasteiger partial charge in [-0.15, -0.1) is 0 Å². The number of nitrogens with zero attached hydrogens (tertiary/aromatic N) is 2. The molecule has 0 aliphatic carbocycles.